The molecule has 186 valence electrons. The third-order valence-corrected chi connectivity index (χ3v) is 7.17. The Morgan fingerprint density at radius 3 is 2.74 bits per heavy atom. The second kappa shape index (κ2) is 12.3. The van der Waals surface area contributed by atoms with E-state index in [0.29, 0.717) is 31.1 Å². The number of alkyl halides is 1. The SMILES string of the molecule is CCC1CCc2ccc(C#N)cc2CN=C(N)N(CC2(F)CCOCC2)C(=O)CCCC1OC. The minimum atomic E-state index is -1.55. The van der Waals surface area contributed by atoms with Gasteiger partial charge in [-0.2, -0.15) is 5.26 Å². The third-order valence-electron chi connectivity index (χ3n) is 7.17. The van der Waals surface area contributed by atoms with Gasteiger partial charge in [0, 0.05) is 39.6 Å². The molecule has 2 aliphatic rings. The predicted molar refractivity (Wildman–Crippen MR) is 129 cm³/mol. The minimum Gasteiger partial charge on any atom is -0.381 e. The molecule has 2 N–H and O–H groups in total. The van der Waals surface area contributed by atoms with Crippen molar-refractivity contribution in [3.8, 4) is 6.07 Å². The zero-order valence-corrected chi connectivity index (χ0v) is 20.4. The van der Waals surface area contributed by atoms with Gasteiger partial charge >= 0.3 is 0 Å². The summed E-state index contributed by atoms with van der Waals surface area (Å²) in [6.45, 7) is 2.92. The number of aliphatic imine (C=N–C) groups is 1. The van der Waals surface area contributed by atoms with Crippen LogP contribution in [0, 0.1) is 17.2 Å². The maximum atomic E-state index is 15.5. The number of ether oxygens (including phenoxy) is 2. The zero-order valence-electron chi connectivity index (χ0n) is 20.4. The normalized spacial score (nSPS) is 24.5. The first kappa shape index (κ1) is 26.1. The molecule has 1 aromatic rings. The molecule has 2 unspecified atom stereocenters. The molecule has 1 amide bonds. The van der Waals surface area contributed by atoms with Crippen LogP contribution >= 0.6 is 0 Å². The number of benzene rings is 1. The van der Waals surface area contributed by atoms with Gasteiger partial charge in [-0.15, -0.1) is 0 Å². The number of methoxy groups -OCH3 is 1. The van der Waals surface area contributed by atoms with E-state index in [1.807, 2.05) is 18.2 Å². The molecule has 0 spiro atoms. The van der Waals surface area contributed by atoms with Gasteiger partial charge in [0.05, 0.1) is 30.8 Å². The van der Waals surface area contributed by atoms with E-state index in [4.69, 9.17) is 15.2 Å². The number of nitriles is 1. The number of hydrogen-bond donors (Lipinski definition) is 1. The molecule has 1 saturated heterocycles. The van der Waals surface area contributed by atoms with Crippen LogP contribution in [0.5, 0.6) is 0 Å². The fraction of sp³-hybridized carbons (Fsp3) is 0.654. The van der Waals surface area contributed by atoms with Crippen molar-refractivity contribution >= 4 is 11.9 Å². The minimum absolute atomic E-state index is 0.0219. The van der Waals surface area contributed by atoms with Gasteiger partial charge in [0.15, 0.2) is 5.96 Å². The third kappa shape index (κ3) is 6.77. The standard InChI is InChI=1S/C26H37FN4O3/c1-3-20-9-10-21-8-7-19(16-28)15-22(21)17-30-25(29)31(18-26(27)11-13-34-14-12-26)24(32)6-4-5-23(20)33-2/h7-8,15,20,23H,3-6,9-14,17-18H2,1-2H3,(H2,29,30). The molecule has 2 heterocycles. The number of carbonyl (C=O) groups excluding carboxylic acids is 1. The van der Waals surface area contributed by atoms with E-state index in [0.717, 1.165) is 36.8 Å². The van der Waals surface area contributed by atoms with Crippen LogP contribution < -0.4 is 5.73 Å². The molecule has 0 aliphatic carbocycles. The number of halogens is 1. The number of hydrogen-bond acceptors (Lipinski definition) is 6. The lowest BCUT2D eigenvalue weighted by Crippen LogP contribution is -2.51. The molecule has 0 bridgehead atoms. The summed E-state index contributed by atoms with van der Waals surface area (Å²) in [4.78, 5) is 19.0. The van der Waals surface area contributed by atoms with Gasteiger partial charge in [-0.1, -0.05) is 19.4 Å². The molecule has 8 heteroatoms. The van der Waals surface area contributed by atoms with Crippen molar-refractivity contribution in [2.75, 3.05) is 26.9 Å². The van der Waals surface area contributed by atoms with Crippen molar-refractivity contribution in [1.82, 2.24) is 4.90 Å². The van der Waals surface area contributed by atoms with Gasteiger partial charge in [0.25, 0.3) is 0 Å². The lowest BCUT2D eigenvalue weighted by Gasteiger charge is -2.34. The fourth-order valence-electron chi connectivity index (χ4n) is 4.94. The van der Waals surface area contributed by atoms with Gasteiger partial charge in [-0.25, -0.2) is 9.38 Å². The van der Waals surface area contributed by atoms with Crippen molar-refractivity contribution in [1.29, 1.82) is 5.26 Å². The van der Waals surface area contributed by atoms with Crippen LogP contribution in [-0.2, 0) is 27.2 Å². The molecule has 2 aliphatic heterocycles. The summed E-state index contributed by atoms with van der Waals surface area (Å²) >= 11 is 0. The summed E-state index contributed by atoms with van der Waals surface area (Å²) in [7, 11) is 1.72. The van der Waals surface area contributed by atoms with Crippen LogP contribution in [0.3, 0.4) is 0 Å². The Kier molecular flexibility index (Phi) is 9.43. The largest absolute Gasteiger partial charge is 0.381 e. The molecule has 0 radical (unpaired) electrons. The van der Waals surface area contributed by atoms with Crippen molar-refractivity contribution in [3.05, 3.63) is 34.9 Å². The van der Waals surface area contributed by atoms with Crippen molar-refractivity contribution in [2.24, 2.45) is 16.6 Å². The first-order valence-corrected chi connectivity index (χ1v) is 12.3. The van der Waals surface area contributed by atoms with Crippen LogP contribution in [0.25, 0.3) is 0 Å². The molecule has 1 fully saturated rings. The lowest BCUT2D eigenvalue weighted by molar-refractivity contribution is -0.130. The molecular weight excluding hydrogens is 435 g/mol. The maximum Gasteiger partial charge on any atom is 0.229 e. The van der Waals surface area contributed by atoms with E-state index < -0.39 is 5.67 Å². The molecule has 2 atom stereocenters. The second-order valence-electron chi connectivity index (χ2n) is 9.39. The quantitative estimate of drug-likeness (QED) is 0.717. The number of nitrogens with zero attached hydrogens (tertiary/aromatic N) is 3. The van der Waals surface area contributed by atoms with Crippen LogP contribution in [0.1, 0.15) is 68.6 Å². The Balaban J connectivity index is 1.93. The average Bonchev–Trinajstić information content (AvgIpc) is 2.85. The smallest absolute Gasteiger partial charge is 0.229 e. The van der Waals surface area contributed by atoms with Crippen LogP contribution in [0.2, 0.25) is 0 Å². The number of aryl methyl sites for hydroxylation is 1. The summed E-state index contributed by atoms with van der Waals surface area (Å²) in [5.41, 5.74) is 7.29. The molecule has 0 aromatic heterocycles. The number of fused-ring (bicyclic) bond motifs is 1. The second-order valence-corrected chi connectivity index (χ2v) is 9.39. The van der Waals surface area contributed by atoms with Gasteiger partial charge < -0.3 is 15.2 Å². The average molecular weight is 473 g/mol. The first-order chi connectivity index (χ1) is 16.4. The highest BCUT2D eigenvalue weighted by molar-refractivity contribution is 5.96. The highest BCUT2D eigenvalue weighted by Gasteiger charge is 2.37. The monoisotopic (exact) mass is 472 g/mol. The zero-order chi connectivity index (χ0) is 24.6. The van der Waals surface area contributed by atoms with Gasteiger partial charge in [-0.05, 0) is 54.9 Å². The Labute approximate surface area is 202 Å². The van der Waals surface area contributed by atoms with E-state index in [9.17, 15) is 10.1 Å². The van der Waals surface area contributed by atoms with Gasteiger partial charge in [0.1, 0.15) is 5.67 Å². The van der Waals surface area contributed by atoms with Gasteiger partial charge in [-0.3, -0.25) is 9.69 Å². The number of nitrogens with two attached hydrogens (primary N) is 1. The van der Waals surface area contributed by atoms with Crippen molar-refractivity contribution in [3.63, 3.8) is 0 Å². The molecule has 1 aromatic carbocycles. The number of rotatable bonds is 4. The Morgan fingerprint density at radius 2 is 2.06 bits per heavy atom. The van der Waals surface area contributed by atoms with E-state index in [1.165, 1.54) is 4.90 Å². The van der Waals surface area contributed by atoms with Crippen LogP contribution in [0.15, 0.2) is 23.2 Å². The Hall–Kier alpha value is -2.50. The molecule has 34 heavy (non-hydrogen) atoms. The maximum absolute atomic E-state index is 15.5. The molecule has 7 nitrogen and oxygen atoms in total. The summed E-state index contributed by atoms with van der Waals surface area (Å²) in [6, 6.07) is 7.80. The number of guanidine groups is 1. The highest BCUT2D eigenvalue weighted by Crippen LogP contribution is 2.28. The Morgan fingerprint density at radius 1 is 1.29 bits per heavy atom. The number of amides is 1. The summed E-state index contributed by atoms with van der Waals surface area (Å²) < 4.78 is 26.6. The van der Waals surface area contributed by atoms with E-state index >= 15 is 4.39 Å². The Bertz CT molecular complexity index is 908. The topological polar surface area (TPSA) is 101 Å². The van der Waals surface area contributed by atoms with E-state index in [-0.39, 0.29) is 50.3 Å². The van der Waals surface area contributed by atoms with E-state index in [2.05, 4.69) is 18.0 Å². The molecule has 0 saturated carbocycles. The van der Waals surface area contributed by atoms with Gasteiger partial charge in [0.2, 0.25) is 5.91 Å². The summed E-state index contributed by atoms with van der Waals surface area (Å²) in [5, 5.41) is 9.37. The lowest BCUT2D eigenvalue weighted by atomic mass is 9.88. The molecule has 3 rings (SSSR count). The van der Waals surface area contributed by atoms with Crippen molar-refractivity contribution in [2.45, 2.75) is 76.6 Å². The van der Waals surface area contributed by atoms with Crippen LogP contribution in [-0.4, -0.2) is 55.4 Å². The fourth-order valence-corrected chi connectivity index (χ4v) is 4.94. The van der Waals surface area contributed by atoms with E-state index in [1.54, 1.807) is 7.11 Å². The molecular formula is C26H37FN4O3. The highest BCUT2D eigenvalue weighted by atomic mass is 19.1. The first-order valence-electron chi connectivity index (χ1n) is 12.3. The summed E-state index contributed by atoms with van der Waals surface area (Å²) in [5.74, 6) is 0.150. The van der Waals surface area contributed by atoms with Crippen LogP contribution in [0.4, 0.5) is 4.39 Å². The number of carbonyl (C=O) groups is 1. The van der Waals surface area contributed by atoms with Crippen molar-refractivity contribution < 1.29 is 18.7 Å². The predicted octanol–water partition coefficient (Wildman–Crippen LogP) is 3.88. The summed E-state index contributed by atoms with van der Waals surface area (Å²) in [6.07, 6.45) is 4.90.